The molecule has 0 bridgehead atoms. The fraction of sp³-hybridized carbons (Fsp3) is 0. The first-order valence-corrected chi connectivity index (χ1v) is 29.2. The molecule has 0 saturated heterocycles. The zero-order valence-corrected chi connectivity index (χ0v) is 43.4. The smallest absolute Gasteiger partial charge is 0.0552 e. The molecule has 0 atom stereocenters. The first-order chi connectivity index (χ1) is 37.7. The Labute approximate surface area is 447 Å². The standard InChI is InChI=1S/C72H52N2S2/c1-7-27-53(28-8-1)75(54-29-9-2-10-30-54,55-31-11-3-12-32-55)59-48-50-71-66(51-59)64-42-22-26-46-70(64)73(71)67-43-23-19-39-61(67)62-40-20-24-44-68(62)74-69-45-25-21-41-63(69)65-49-47-60(52-72(65)74)76(56-33-13-4-14-34-56,57-35-15-5-16-36-57)58-37-17-6-18-38-58/h1-52H. The fourth-order valence-corrected chi connectivity index (χ4v) is 19.8. The van der Waals surface area contributed by atoms with Gasteiger partial charge in [-0.3, -0.25) is 0 Å². The number of hydrogen-bond donors (Lipinski definition) is 0. The van der Waals surface area contributed by atoms with Crippen LogP contribution in [0.5, 0.6) is 0 Å². The van der Waals surface area contributed by atoms with Crippen LogP contribution in [0, 0.1) is 0 Å². The Bertz CT molecular complexity index is 4190. The maximum absolute atomic E-state index is 2.53. The van der Waals surface area contributed by atoms with Gasteiger partial charge in [-0.2, -0.15) is 0 Å². The quantitative estimate of drug-likeness (QED) is 0.122. The molecule has 0 N–H and O–H groups in total. The normalized spacial score (nSPS) is 12.4. The third-order valence-electron chi connectivity index (χ3n) is 15.2. The van der Waals surface area contributed by atoms with Gasteiger partial charge in [-0.25, -0.2) is 0 Å². The molecule has 0 aliphatic rings. The molecule has 0 aliphatic carbocycles. The van der Waals surface area contributed by atoms with E-state index in [4.69, 9.17) is 0 Å². The number of aromatic nitrogens is 2. The lowest BCUT2D eigenvalue weighted by molar-refractivity contribution is 1.15. The van der Waals surface area contributed by atoms with Crippen LogP contribution in [-0.2, 0) is 0 Å². The molecule has 76 heavy (non-hydrogen) atoms. The number of rotatable bonds is 11. The van der Waals surface area contributed by atoms with E-state index in [0.717, 1.165) is 22.5 Å². The van der Waals surface area contributed by atoms with Crippen LogP contribution in [0.2, 0.25) is 0 Å². The zero-order valence-electron chi connectivity index (χ0n) is 41.7. The van der Waals surface area contributed by atoms with Crippen LogP contribution in [0.25, 0.3) is 66.1 Å². The van der Waals surface area contributed by atoms with E-state index in [1.165, 1.54) is 82.8 Å². The van der Waals surface area contributed by atoms with Gasteiger partial charge in [0, 0.05) is 71.8 Å². The lowest BCUT2D eigenvalue weighted by Gasteiger charge is -2.42. The van der Waals surface area contributed by atoms with Gasteiger partial charge in [0.2, 0.25) is 0 Å². The van der Waals surface area contributed by atoms with Crippen LogP contribution in [-0.4, -0.2) is 9.13 Å². The number of benzene rings is 12. The molecule has 0 amide bonds. The maximum atomic E-state index is 2.53. The molecule has 2 aromatic heterocycles. The molecule has 362 valence electrons. The van der Waals surface area contributed by atoms with Crippen molar-refractivity contribution in [2.45, 2.75) is 39.2 Å². The van der Waals surface area contributed by atoms with Gasteiger partial charge in [-0.1, -0.05) is 188 Å². The summed E-state index contributed by atoms with van der Waals surface area (Å²) < 4.78 is 5.04. The molecule has 0 fully saturated rings. The summed E-state index contributed by atoms with van der Waals surface area (Å²) >= 11 is 0. The topological polar surface area (TPSA) is 9.86 Å². The molecule has 0 spiro atoms. The largest absolute Gasteiger partial charge is 0.309 e. The molecule has 2 heterocycles. The Morgan fingerprint density at radius 1 is 0.184 bits per heavy atom. The molecule has 4 heteroatoms. The lowest BCUT2D eigenvalue weighted by Crippen LogP contribution is -2.06. The second-order valence-electron chi connectivity index (χ2n) is 19.2. The van der Waals surface area contributed by atoms with Crippen molar-refractivity contribution in [2.75, 3.05) is 0 Å². The van der Waals surface area contributed by atoms with Gasteiger partial charge in [0.15, 0.2) is 0 Å². The van der Waals surface area contributed by atoms with Crippen LogP contribution in [0.1, 0.15) is 0 Å². The van der Waals surface area contributed by atoms with Crippen molar-refractivity contribution >= 4 is 63.7 Å². The predicted octanol–water partition coefficient (Wildman–Crippen LogP) is 20.2. The van der Waals surface area contributed by atoms with Crippen molar-refractivity contribution in [3.8, 4) is 22.5 Å². The summed E-state index contributed by atoms with van der Waals surface area (Å²) in [4.78, 5) is 10.4. The highest BCUT2D eigenvalue weighted by Gasteiger charge is 2.36. The van der Waals surface area contributed by atoms with Gasteiger partial charge >= 0.3 is 0 Å². The number of fused-ring (bicyclic) bond motifs is 6. The highest BCUT2D eigenvalue weighted by Crippen LogP contribution is 2.75. The van der Waals surface area contributed by atoms with Crippen LogP contribution in [0.15, 0.2) is 355 Å². The predicted molar refractivity (Wildman–Crippen MR) is 321 cm³/mol. The zero-order chi connectivity index (χ0) is 50.5. The molecule has 0 unspecified atom stereocenters. The Morgan fingerprint density at radius 3 is 0.895 bits per heavy atom. The van der Waals surface area contributed by atoms with E-state index < -0.39 is 20.1 Å². The molecule has 0 saturated carbocycles. The van der Waals surface area contributed by atoms with Crippen LogP contribution >= 0.6 is 20.1 Å². The lowest BCUT2D eigenvalue weighted by atomic mass is 10.0. The van der Waals surface area contributed by atoms with Crippen molar-refractivity contribution in [3.63, 3.8) is 0 Å². The molecular formula is C72H52N2S2. The van der Waals surface area contributed by atoms with Crippen molar-refractivity contribution in [1.29, 1.82) is 0 Å². The van der Waals surface area contributed by atoms with Crippen molar-refractivity contribution in [2.24, 2.45) is 0 Å². The van der Waals surface area contributed by atoms with Crippen LogP contribution in [0.3, 0.4) is 0 Å². The van der Waals surface area contributed by atoms with Gasteiger partial charge < -0.3 is 9.13 Å². The van der Waals surface area contributed by atoms with Gasteiger partial charge in [-0.15, -0.1) is 20.1 Å². The second kappa shape index (κ2) is 19.0. The summed E-state index contributed by atoms with van der Waals surface area (Å²) in [6, 6.07) is 117. The van der Waals surface area contributed by atoms with Crippen LogP contribution < -0.4 is 0 Å². The first-order valence-electron chi connectivity index (χ1n) is 26.0. The van der Waals surface area contributed by atoms with Gasteiger partial charge in [0.25, 0.3) is 0 Å². The van der Waals surface area contributed by atoms with E-state index in [1.807, 2.05) is 0 Å². The second-order valence-corrected chi connectivity index (χ2v) is 25.4. The van der Waals surface area contributed by atoms with Gasteiger partial charge in [-0.05, 0) is 127 Å². The fourth-order valence-electron chi connectivity index (χ4n) is 12.0. The third kappa shape index (κ3) is 7.13. The molecule has 0 radical (unpaired) electrons. The Kier molecular flexibility index (Phi) is 11.4. The summed E-state index contributed by atoms with van der Waals surface area (Å²) in [5.74, 6) is 0. The van der Waals surface area contributed by atoms with E-state index in [2.05, 4.69) is 325 Å². The minimum Gasteiger partial charge on any atom is -0.309 e. The highest BCUT2D eigenvalue weighted by molar-refractivity contribution is 8.34. The van der Waals surface area contributed by atoms with Crippen molar-refractivity contribution in [1.82, 2.24) is 9.13 Å². The molecule has 14 rings (SSSR count). The SMILES string of the molecule is c1ccc(S(c2ccccc2)(c2ccccc2)c2ccc3c(c2)c2ccccc2n3-c2ccccc2-c2ccccc2-n2c3ccccc3c3ccc(S(c4ccccc4)(c4ccccc4)c4ccccc4)cc32)cc1. The summed E-state index contributed by atoms with van der Waals surface area (Å²) in [6.07, 6.45) is 0. The minimum absolute atomic E-state index is 1.13. The van der Waals surface area contributed by atoms with E-state index in [9.17, 15) is 0 Å². The molecule has 12 aromatic carbocycles. The Balaban J connectivity index is 1.00. The summed E-state index contributed by atoms with van der Waals surface area (Å²) in [7, 11) is -3.87. The summed E-state index contributed by atoms with van der Waals surface area (Å²) in [6.45, 7) is 0. The monoisotopic (exact) mass is 1010 g/mol. The van der Waals surface area contributed by atoms with Gasteiger partial charge in [0.1, 0.15) is 0 Å². The summed E-state index contributed by atoms with van der Waals surface area (Å²) in [5, 5.41) is 4.90. The number of para-hydroxylation sites is 4. The van der Waals surface area contributed by atoms with E-state index in [-0.39, 0.29) is 0 Å². The van der Waals surface area contributed by atoms with Crippen LogP contribution in [0.4, 0.5) is 0 Å². The number of nitrogens with zero attached hydrogens (tertiary/aromatic N) is 2. The molecule has 2 nitrogen and oxygen atoms in total. The highest BCUT2D eigenvalue weighted by atomic mass is 32.3. The summed E-state index contributed by atoms with van der Waals surface area (Å²) in [5.41, 5.74) is 9.25. The Hall–Kier alpha value is -9.06. The van der Waals surface area contributed by atoms with Gasteiger partial charge in [0.05, 0.1) is 33.4 Å². The van der Waals surface area contributed by atoms with E-state index in [0.29, 0.717) is 0 Å². The number of hydrogen-bond acceptors (Lipinski definition) is 0. The third-order valence-corrected chi connectivity index (χ3v) is 23.0. The van der Waals surface area contributed by atoms with E-state index in [1.54, 1.807) is 0 Å². The average molecular weight is 1010 g/mol. The first kappa shape index (κ1) is 45.5. The average Bonchev–Trinajstić information content (AvgIpc) is 4.12. The minimum atomic E-state index is -1.95. The molecule has 14 aromatic rings. The van der Waals surface area contributed by atoms with E-state index >= 15 is 0 Å². The Morgan fingerprint density at radius 2 is 0.474 bits per heavy atom. The van der Waals surface area contributed by atoms with Crippen molar-refractivity contribution < 1.29 is 0 Å². The molecular weight excluding hydrogens is 957 g/mol. The molecule has 0 aliphatic heterocycles. The maximum Gasteiger partial charge on any atom is 0.0552 e. The van der Waals surface area contributed by atoms with Crippen molar-refractivity contribution in [3.05, 3.63) is 315 Å².